The summed E-state index contributed by atoms with van der Waals surface area (Å²) in [5.41, 5.74) is 8.57. The normalized spacial score (nSPS) is 12.7. The zero-order chi connectivity index (χ0) is 28.6. The van der Waals surface area contributed by atoms with Gasteiger partial charge in [0.1, 0.15) is 17.7 Å². The molecule has 0 saturated carbocycles. The predicted octanol–water partition coefficient (Wildman–Crippen LogP) is 4.30. The molecule has 0 aliphatic rings. The van der Waals surface area contributed by atoms with Gasteiger partial charge in [0.15, 0.2) is 0 Å². The molecule has 0 bridgehead atoms. The van der Waals surface area contributed by atoms with Crippen LogP contribution in [0.2, 0.25) is 0 Å². The van der Waals surface area contributed by atoms with Crippen LogP contribution in [0.1, 0.15) is 68.8 Å². The van der Waals surface area contributed by atoms with Gasteiger partial charge in [-0.1, -0.05) is 43.3 Å². The SMILES string of the molecule is CCCN(C(=O)C(CC(N)=O)NC(=O)OC(C)(C)C)C(C(=O)Nc1ccccc1C)c1cccc(C)c1C. The summed E-state index contributed by atoms with van der Waals surface area (Å²) in [6.07, 6.45) is -0.779. The summed E-state index contributed by atoms with van der Waals surface area (Å²) >= 11 is 0. The van der Waals surface area contributed by atoms with Crippen LogP contribution in [0.3, 0.4) is 0 Å². The molecule has 2 atom stereocenters. The van der Waals surface area contributed by atoms with Crippen LogP contribution < -0.4 is 16.4 Å². The van der Waals surface area contributed by atoms with Gasteiger partial charge in [-0.3, -0.25) is 14.4 Å². The van der Waals surface area contributed by atoms with Crippen LogP contribution in [-0.4, -0.2) is 46.9 Å². The Bertz CT molecular complexity index is 1170. The third-order valence-corrected chi connectivity index (χ3v) is 6.05. The van der Waals surface area contributed by atoms with Crippen molar-refractivity contribution in [3.05, 3.63) is 64.7 Å². The number of rotatable bonds is 10. The summed E-state index contributed by atoms with van der Waals surface area (Å²) in [5.74, 6) is -1.80. The molecule has 0 aliphatic heterocycles. The number of amides is 4. The molecule has 0 spiro atoms. The Morgan fingerprint density at radius 2 is 1.61 bits per heavy atom. The fourth-order valence-corrected chi connectivity index (χ4v) is 4.09. The van der Waals surface area contributed by atoms with Gasteiger partial charge in [-0.2, -0.15) is 0 Å². The third kappa shape index (κ3) is 8.33. The van der Waals surface area contributed by atoms with E-state index >= 15 is 0 Å². The highest BCUT2D eigenvalue weighted by atomic mass is 16.6. The van der Waals surface area contributed by atoms with Gasteiger partial charge in [0, 0.05) is 12.2 Å². The Balaban J connectivity index is 2.57. The summed E-state index contributed by atoms with van der Waals surface area (Å²) in [4.78, 5) is 53.7. The van der Waals surface area contributed by atoms with E-state index in [0.29, 0.717) is 17.7 Å². The third-order valence-electron chi connectivity index (χ3n) is 6.05. The molecule has 9 nitrogen and oxygen atoms in total. The van der Waals surface area contributed by atoms with Gasteiger partial charge in [0.05, 0.1) is 6.42 Å². The van der Waals surface area contributed by atoms with Crippen LogP contribution in [0.5, 0.6) is 0 Å². The molecular formula is C29H40N4O5. The van der Waals surface area contributed by atoms with Crippen molar-refractivity contribution in [3.63, 3.8) is 0 Å². The fraction of sp³-hybridized carbons (Fsp3) is 0.448. The first-order valence-corrected chi connectivity index (χ1v) is 12.8. The lowest BCUT2D eigenvalue weighted by atomic mass is 9.94. The second-order valence-corrected chi connectivity index (χ2v) is 10.4. The first-order chi connectivity index (χ1) is 17.7. The Morgan fingerprint density at radius 1 is 0.974 bits per heavy atom. The van der Waals surface area contributed by atoms with Gasteiger partial charge in [-0.05, 0) is 76.3 Å². The number of anilines is 1. The molecule has 2 aromatic carbocycles. The summed E-state index contributed by atoms with van der Waals surface area (Å²) in [6, 6.07) is 10.6. The van der Waals surface area contributed by atoms with Crippen LogP contribution in [-0.2, 0) is 19.1 Å². The average Bonchev–Trinajstić information content (AvgIpc) is 2.80. The number of carbonyl (C=O) groups is 4. The Labute approximate surface area is 225 Å². The molecule has 38 heavy (non-hydrogen) atoms. The maximum Gasteiger partial charge on any atom is 0.408 e. The molecule has 9 heteroatoms. The number of nitrogens with two attached hydrogens (primary N) is 1. The van der Waals surface area contributed by atoms with E-state index in [4.69, 9.17) is 10.5 Å². The number of ether oxygens (including phenoxy) is 1. The van der Waals surface area contributed by atoms with Crippen molar-refractivity contribution >= 4 is 29.5 Å². The van der Waals surface area contributed by atoms with E-state index in [1.807, 2.05) is 64.1 Å². The number of nitrogens with zero attached hydrogens (tertiary/aromatic N) is 1. The molecule has 4 amide bonds. The molecular weight excluding hydrogens is 484 g/mol. The van der Waals surface area contributed by atoms with E-state index in [2.05, 4.69) is 10.6 Å². The fourth-order valence-electron chi connectivity index (χ4n) is 4.09. The van der Waals surface area contributed by atoms with Gasteiger partial charge in [0.2, 0.25) is 11.8 Å². The lowest BCUT2D eigenvalue weighted by molar-refractivity contribution is -0.141. The first-order valence-electron chi connectivity index (χ1n) is 12.8. The lowest BCUT2D eigenvalue weighted by Gasteiger charge is -2.35. The number of primary amides is 1. The molecule has 0 fully saturated rings. The van der Waals surface area contributed by atoms with Gasteiger partial charge in [-0.25, -0.2) is 4.79 Å². The van der Waals surface area contributed by atoms with E-state index in [1.165, 1.54) is 4.90 Å². The minimum atomic E-state index is -1.31. The Morgan fingerprint density at radius 3 is 2.18 bits per heavy atom. The van der Waals surface area contributed by atoms with E-state index < -0.39 is 47.9 Å². The number of para-hydroxylation sites is 1. The quantitative estimate of drug-likeness (QED) is 0.427. The van der Waals surface area contributed by atoms with E-state index in [-0.39, 0.29) is 6.54 Å². The van der Waals surface area contributed by atoms with E-state index in [1.54, 1.807) is 26.8 Å². The van der Waals surface area contributed by atoms with Crippen molar-refractivity contribution < 1.29 is 23.9 Å². The van der Waals surface area contributed by atoms with Crippen molar-refractivity contribution in [3.8, 4) is 0 Å². The molecule has 4 N–H and O–H groups in total. The molecule has 0 radical (unpaired) electrons. The van der Waals surface area contributed by atoms with E-state index in [9.17, 15) is 19.2 Å². The highest BCUT2D eigenvalue weighted by Gasteiger charge is 2.37. The molecule has 0 aliphatic carbocycles. The van der Waals surface area contributed by atoms with Crippen molar-refractivity contribution in [1.29, 1.82) is 0 Å². The molecule has 2 aromatic rings. The largest absolute Gasteiger partial charge is 0.444 e. The van der Waals surface area contributed by atoms with Crippen LogP contribution >= 0.6 is 0 Å². The Hall–Kier alpha value is -3.88. The number of aryl methyl sites for hydroxylation is 2. The number of nitrogens with one attached hydrogen (secondary N) is 2. The highest BCUT2D eigenvalue weighted by Crippen LogP contribution is 2.29. The summed E-state index contributed by atoms with van der Waals surface area (Å²) in [6.45, 7) is 12.8. The maximum absolute atomic E-state index is 14.0. The van der Waals surface area contributed by atoms with Crippen LogP contribution in [0.4, 0.5) is 10.5 Å². The van der Waals surface area contributed by atoms with Crippen LogP contribution in [0.15, 0.2) is 42.5 Å². The van der Waals surface area contributed by atoms with Gasteiger partial charge in [0.25, 0.3) is 5.91 Å². The number of benzene rings is 2. The van der Waals surface area contributed by atoms with Crippen molar-refractivity contribution in [1.82, 2.24) is 10.2 Å². The summed E-state index contributed by atoms with van der Waals surface area (Å²) in [5, 5.41) is 5.45. The van der Waals surface area contributed by atoms with E-state index in [0.717, 1.165) is 16.7 Å². The maximum atomic E-state index is 14.0. The van der Waals surface area contributed by atoms with Crippen molar-refractivity contribution in [2.45, 2.75) is 79.0 Å². The number of alkyl carbamates (subject to hydrolysis) is 1. The zero-order valence-corrected chi connectivity index (χ0v) is 23.4. The highest BCUT2D eigenvalue weighted by molar-refractivity contribution is 6.00. The standard InChI is InChI=1S/C29H40N4O5/c1-8-16-33(27(36)23(17-24(30)34)32-28(37)38-29(5,6)7)25(21-14-11-13-18(2)20(21)4)26(35)31-22-15-10-9-12-19(22)3/h9-15,23,25H,8,16-17H2,1-7H3,(H2,30,34)(H,31,35)(H,32,37). The van der Waals surface area contributed by atoms with Crippen LogP contribution in [0.25, 0.3) is 0 Å². The van der Waals surface area contributed by atoms with Gasteiger partial charge >= 0.3 is 6.09 Å². The zero-order valence-electron chi connectivity index (χ0n) is 23.4. The number of hydrogen-bond acceptors (Lipinski definition) is 5. The molecule has 0 saturated heterocycles. The summed E-state index contributed by atoms with van der Waals surface area (Å²) < 4.78 is 5.31. The molecule has 206 valence electrons. The first kappa shape index (κ1) is 30.3. The smallest absolute Gasteiger partial charge is 0.408 e. The van der Waals surface area contributed by atoms with Crippen molar-refractivity contribution in [2.75, 3.05) is 11.9 Å². The topological polar surface area (TPSA) is 131 Å². The molecule has 2 rings (SSSR count). The second kappa shape index (κ2) is 13.1. The minimum Gasteiger partial charge on any atom is -0.444 e. The molecule has 2 unspecified atom stereocenters. The average molecular weight is 525 g/mol. The van der Waals surface area contributed by atoms with Gasteiger partial charge in [-0.15, -0.1) is 0 Å². The second-order valence-electron chi connectivity index (χ2n) is 10.4. The predicted molar refractivity (Wildman–Crippen MR) is 147 cm³/mol. The molecule has 0 aromatic heterocycles. The van der Waals surface area contributed by atoms with Crippen LogP contribution in [0, 0.1) is 20.8 Å². The monoisotopic (exact) mass is 524 g/mol. The molecule has 0 heterocycles. The number of carbonyl (C=O) groups excluding carboxylic acids is 4. The Kier molecular flexibility index (Phi) is 10.4. The minimum absolute atomic E-state index is 0.198. The van der Waals surface area contributed by atoms with Gasteiger partial charge < -0.3 is 26.0 Å². The van der Waals surface area contributed by atoms with Crippen molar-refractivity contribution in [2.24, 2.45) is 5.73 Å². The number of hydrogen-bond donors (Lipinski definition) is 3. The lowest BCUT2D eigenvalue weighted by Crippen LogP contribution is -2.53. The summed E-state index contributed by atoms with van der Waals surface area (Å²) in [7, 11) is 0.